The molecule has 0 saturated heterocycles. The van der Waals surface area contributed by atoms with Crippen molar-refractivity contribution >= 4 is 23.9 Å². The van der Waals surface area contributed by atoms with E-state index in [4.69, 9.17) is 18.9 Å². The van der Waals surface area contributed by atoms with Crippen LogP contribution in [0.5, 0.6) is 0 Å². The minimum Gasteiger partial charge on any atom is -0.463 e. The van der Waals surface area contributed by atoms with Gasteiger partial charge in [0.15, 0.2) is 0 Å². The number of ether oxygens (including phenoxy) is 4. The fraction of sp³-hybridized carbons (Fsp3) is 0.553. The van der Waals surface area contributed by atoms with Crippen molar-refractivity contribution in [2.45, 2.75) is 344 Å². The molecule has 0 saturated carbocycles. The lowest BCUT2D eigenvalue weighted by Crippen LogP contribution is -2.17. The number of esters is 4. The zero-order valence-electron chi connectivity index (χ0n) is 72.7. The molecule has 0 radical (unpaired) electrons. The molecule has 0 aromatic heterocycles. The van der Waals surface area contributed by atoms with Gasteiger partial charge in [0, 0.05) is 25.7 Å². The maximum Gasteiger partial charge on any atom is 0.306 e. The maximum absolute atomic E-state index is 11.5. The number of carbonyl (C=O) groups excluding carboxylic acids is 4. The molecule has 0 bridgehead atoms. The van der Waals surface area contributed by atoms with Crippen LogP contribution in [0.2, 0.25) is 0 Å². The molecule has 0 amide bonds. The Bertz CT molecular complexity index is 2810. The third-order valence-corrected chi connectivity index (χ3v) is 16.5. The van der Waals surface area contributed by atoms with Gasteiger partial charge in [0.1, 0.15) is 26.4 Å². The summed E-state index contributed by atoms with van der Waals surface area (Å²) in [4.78, 5) is 45.8. The monoisotopic (exact) mass is 1600 g/mol. The second-order valence-electron chi connectivity index (χ2n) is 27.2. The predicted octanol–water partition coefficient (Wildman–Crippen LogP) is 27.6. The standard InChI is InChI=1S/2C26H42O3.C26H40O3.C24H38O3.CH4/c3*1-3-5-6-7-8-9-10-11-12-13-14-15-16-17-18-19-20-21-22-23-26(28)29-24-25(27)4-2;1-3-5-6-7-8-9-10-11-12-13-14-15-16-17-18-19-20-21-24(26)27-22-23(25)4-2;/h8-9,11-12,14-15,17-18,20-21,25,27H,3-7,10,13,16,19,22-24H2,1-2H3;5-6,8-9,11-12,14-15,17-18,25,27H,3-4,7,10,13,16,19-24H2,1-2H3;5-6,8-9,11-12,14-15,17-18,20-21,25,27H,3-4,7,10,13,16,19,22-24H2,1-2H3;5-6,8-9,11-12,14-15,17-18,23,25H,3-4,7,10,13,16,19-22H2,1-2H3;1H4/b9-8-,12-11-,15-14-,18-17-,21-20-;6-5-,9-8-,12-11-,15-14-,18-17-;6-5-,9-8-,12-11-,15-14-,18-17-,21-20-;6-5-,9-8-,12-11-,15-14-,18-17-;. The zero-order valence-corrected chi connectivity index (χ0v) is 72.7. The molecule has 0 aliphatic rings. The molecule has 12 heteroatoms. The average molecular weight is 1600 g/mol. The summed E-state index contributed by atoms with van der Waals surface area (Å²) >= 11 is 0. The molecule has 0 aromatic rings. The van der Waals surface area contributed by atoms with E-state index < -0.39 is 24.4 Å². The van der Waals surface area contributed by atoms with Crippen LogP contribution in [0.1, 0.15) is 320 Å². The number of hydrogen-bond acceptors (Lipinski definition) is 12. The molecule has 0 aliphatic carbocycles. The number of carbonyl (C=O) groups is 4. The Labute approximate surface area is 704 Å². The summed E-state index contributed by atoms with van der Waals surface area (Å²) in [7, 11) is 0. The Balaban J connectivity index is -0.000000466. The Hall–Kier alpha value is -7.74. The van der Waals surface area contributed by atoms with E-state index in [0.29, 0.717) is 64.2 Å². The van der Waals surface area contributed by atoms with Crippen LogP contribution in [0.15, 0.2) is 255 Å². The first kappa shape index (κ1) is 116. The van der Waals surface area contributed by atoms with Gasteiger partial charge >= 0.3 is 23.9 Å². The second-order valence-corrected chi connectivity index (χ2v) is 27.2. The Morgan fingerprint density at radius 2 is 0.383 bits per heavy atom. The normalized spacial score (nSPS) is 13.6. The van der Waals surface area contributed by atoms with Crippen molar-refractivity contribution in [2.24, 2.45) is 0 Å². The summed E-state index contributed by atoms with van der Waals surface area (Å²) < 4.78 is 20.0. The summed E-state index contributed by atoms with van der Waals surface area (Å²) in [5, 5.41) is 37.3. The van der Waals surface area contributed by atoms with Crippen LogP contribution in [-0.4, -0.2) is 95.1 Å². The van der Waals surface area contributed by atoms with Crippen LogP contribution in [0.4, 0.5) is 0 Å². The highest BCUT2D eigenvalue weighted by molar-refractivity contribution is 5.70. The molecule has 4 N–H and O–H groups in total. The lowest BCUT2D eigenvalue weighted by molar-refractivity contribution is -0.147. The van der Waals surface area contributed by atoms with Crippen LogP contribution in [-0.2, 0) is 38.1 Å². The molecule has 0 aliphatic heterocycles. The van der Waals surface area contributed by atoms with Gasteiger partial charge in [-0.25, -0.2) is 0 Å². The van der Waals surface area contributed by atoms with E-state index in [-0.39, 0.29) is 57.7 Å². The van der Waals surface area contributed by atoms with Crippen LogP contribution in [0.25, 0.3) is 0 Å². The van der Waals surface area contributed by atoms with Gasteiger partial charge in [-0.05, 0) is 212 Å². The van der Waals surface area contributed by atoms with Crippen molar-refractivity contribution in [1.82, 2.24) is 0 Å². The van der Waals surface area contributed by atoms with Crippen LogP contribution in [0, 0.1) is 0 Å². The summed E-state index contributed by atoms with van der Waals surface area (Å²) in [6.45, 7) is 16.6. The first-order valence-corrected chi connectivity index (χ1v) is 43.8. The summed E-state index contributed by atoms with van der Waals surface area (Å²) in [6, 6.07) is 0. The van der Waals surface area contributed by atoms with E-state index in [9.17, 15) is 39.6 Å². The molecule has 0 fully saturated rings. The smallest absolute Gasteiger partial charge is 0.306 e. The fourth-order valence-corrected chi connectivity index (χ4v) is 9.20. The Morgan fingerprint density at radius 1 is 0.209 bits per heavy atom. The summed E-state index contributed by atoms with van der Waals surface area (Å²) in [5.41, 5.74) is 0. The molecule has 0 aromatic carbocycles. The highest BCUT2D eigenvalue weighted by atomic mass is 16.6. The molecule has 12 nitrogen and oxygen atoms in total. The van der Waals surface area contributed by atoms with Gasteiger partial charge in [0.2, 0.25) is 0 Å². The number of unbranched alkanes of at least 4 members (excludes halogenated alkanes) is 7. The Morgan fingerprint density at radius 3 is 0.591 bits per heavy atom. The fourth-order valence-electron chi connectivity index (χ4n) is 9.20. The number of rotatable bonds is 69. The quantitative estimate of drug-likeness (QED) is 0.0196. The van der Waals surface area contributed by atoms with Gasteiger partial charge in [0.25, 0.3) is 0 Å². The summed E-state index contributed by atoms with van der Waals surface area (Å²) in [6.07, 6.45) is 125. The number of allylic oxidation sites excluding steroid dienone is 42. The van der Waals surface area contributed by atoms with Crippen molar-refractivity contribution < 1.29 is 58.6 Å². The molecule has 0 spiro atoms. The molecular weight excluding hydrogens is 1430 g/mol. The lowest BCUT2D eigenvalue weighted by atomic mass is 10.1. The Kier molecular flexibility index (Phi) is 105. The first-order valence-electron chi connectivity index (χ1n) is 43.8. The second kappa shape index (κ2) is 104. The van der Waals surface area contributed by atoms with Crippen LogP contribution < -0.4 is 0 Å². The van der Waals surface area contributed by atoms with Gasteiger partial charge in [-0.3, -0.25) is 19.2 Å². The molecule has 115 heavy (non-hydrogen) atoms. The van der Waals surface area contributed by atoms with Crippen molar-refractivity contribution in [3.63, 3.8) is 0 Å². The van der Waals surface area contributed by atoms with Crippen molar-refractivity contribution in [1.29, 1.82) is 0 Å². The van der Waals surface area contributed by atoms with Crippen LogP contribution in [0.3, 0.4) is 0 Å². The summed E-state index contributed by atoms with van der Waals surface area (Å²) in [5.74, 6) is -0.931. The molecule has 4 unspecified atom stereocenters. The topological polar surface area (TPSA) is 186 Å². The highest BCUT2D eigenvalue weighted by Crippen LogP contribution is 2.10. The average Bonchev–Trinajstić information content (AvgIpc) is 1.32. The van der Waals surface area contributed by atoms with Gasteiger partial charge in [-0.2, -0.15) is 0 Å². The first-order chi connectivity index (χ1) is 55.8. The SMILES string of the molecule is C.CC/C=C\C/C=C\C/C=C\C/C=C\C/C=C\C/C=C\CCC(=O)OCC(O)CC.CC/C=C\C/C=C\C/C=C\C/C=C\C/C=C\CCCC(=O)OCC(O)CC.CC/C=C\C/C=C\C/C=C\C/C=C\C/C=C\CCCCCC(=O)OCC(O)CC.CCCCC/C=C\C/C=C\C/C=C\C/C=C\C/C=C\CCC(=O)OCC(O)CC. The highest BCUT2D eigenvalue weighted by Gasteiger charge is 2.09. The lowest BCUT2D eigenvalue weighted by Gasteiger charge is -2.08. The molecule has 0 heterocycles. The van der Waals surface area contributed by atoms with Gasteiger partial charge in [-0.1, -0.05) is 337 Å². The van der Waals surface area contributed by atoms with E-state index >= 15 is 0 Å². The van der Waals surface area contributed by atoms with Gasteiger partial charge in [0.05, 0.1) is 24.4 Å². The minimum atomic E-state index is -0.551. The van der Waals surface area contributed by atoms with E-state index in [1.54, 1.807) is 0 Å². The van der Waals surface area contributed by atoms with E-state index in [1.165, 1.54) is 25.7 Å². The van der Waals surface area contributed by atoms with E-state index in [1.807, 2.05) is 39.8 Å². The van der Waals surface area contributed by atoms with Crippen molar-refractivity contribution in [2.75, 3.05) is 26.4 Å². The third kappa shape index (κ3) is 110. The van der Waals surface area contributed by atoms with Gasteiger partial charge < -0.3 is 39.4 Å². The minimum absolute atomic E-state index is 0. The number of aliphatic hydroxyl groups excluding tert-OH is 4. The van der Waals surface area contributed by atoms with Crippen molar-refractivity contribution in [3.8, 4) is 0 Å². The predicted molar refractivity (Wildman–Crippen MR) is 497 cm³/mol. The third-order valence-electron chi connectivity index (χ3n) is 16.5. The zero-order chi connectivity index (χ0) is 84.3. The molecule has 4 atom stereocenters. The van der Waals surface area contributed by atoms with E-state index in [0.717, 1.165) is 167 Å². The number of aliphatic hydroxyl groups is 4. The largest absolute Gasteiger partial charge is 0.463 e. The van der Waals surface area contributed by atoms with Gasteiger partial charge in [-0.15, -0.1) is 0 Å². The van der Waals surface area contributed by atoms with Crippen LogP contribution >= 0.6 is 0 Å². The molecule has 650 valence electrons. The number of hydrogen-bond donors (Lipinski definition) is 4. The van der Waals surface area contributed by atoms with Crippen molar-refractivity contribution in [3.05, 3.63) is 255 Å². The molecule has 0 rings (SSSR count). The van der Waals surface area contributed by atoms with E-state index in [2.05, 4.69) is 271 Å². The maximum atomic E-state index is 11.5. The molecular formula is C103H166O12.